The Hall–Kier alpha value is -0.160. The van der Waals surface area contributed by atoms with Crippen LogP contribution in [0.5, 0.6) is 0 Å². The van der Waals surface area contributed by atoms with Crippen LogP contribution in [0.1, 0.15) is 46.0 Å². The van der Waals surface area contributed by atoms with Gasteiger partial charge in [-0.3, -0.25) is 0 Å². The van der Waals surface area contributed by atoms with E-state index in [-0.39, 0.29) is 24.9 Å². The van der Waals surface area contributed by atoms with E-state index in [0.29, 0.717) is 0 Å². The standard InChI is InChI=1S/C13H25NO3/c1-13(2)16-11(7-9-5-3-4-6-9)12(17-13)10(14)8-15/h9-12,15H,3-8,14H2,1-2H3/t10-,11+,12-/m0/s1. The van der Waals surface area contributed by atoms with Crippen LogP contribution in [-0.2, 0) is 9.47 Å². The molecule has 3 N–H and O–H groups in total. The van der Waals surface area contributed by atoms with Gasteiger partial charge < -0.3 is 20.3 Å². The van der Waals surface area contributed by atoms with Crippen molar-refractivity contribution in [3.8, 4) is 0 Å². The Morgan fingerprint density at radius 2 is 1.94 bits per heavy atom. The maximum atomic E-state index is 9.18. The average Bonchev–Trinajstić information content (AvgIpc) is 2.85. The third kappa shape index (κ3) is 3.19. The smallest absolute Gasteiger partial charge is 0.163 e. The zero-order valence-electron chi connectivity index (χ0n) is 10.9. The van der Waals surface area contributed by atoms with Crippen LogP contribution in [0.15, 0.2) is 0 Å². The molecule has 0 spiro atoms. The van der Waals surface area contributed by atoms with Crippen LogP contribution in [-0.4, -0.2) is 35.8 Å². The molecular formula is C13H25NO3. The van der Waals surface area contributed by atoms with Gasteiger partial charge in [0.15, 0.2) is 5.79 Å². The lowest BCUT2D eigenvalue weighted by atomic mass is 9.94. The van der Waals surface area contributed by atoms with Crippen LogP contribution in [0.2, 0.25) is 0 Å². The maximum absolute atomic E-state index is 9.18. The second-order valence-electron chi connectivity index (χ2n) is 5.87. The number of hydrogen-bond acceptors (Lipinski definition) is 4. The maximum Gasteiger partial charge on any atom is 0.163 e. The van der Waals surface area contributed by atoms with E-state index < -0.39 is 5.79 Å². The van der Waals surface area contributed by atoms with Crippen LogP contribution >= 0.6 is 0 Å². The van der Waals surface area contributed by atoms with Crippen LogP contribution in [0.3, 0.4) is 0 Å². The molecule has 2 aliphatic rings. The SMILES string of the molecule is CC1(C)O[C@@H]([C@@H](N)CO)[C@@H](CC2CCCC2)O1. The van der Waals surface area contributed by atoms with E-state index in [1.54, 1.807) is 0 Å². The van der Waals surface area contributed by atoms with Crippen molar-refractivity contribution in [2.75, 3.05) is 6.61 Å². The number of hydrogen-bond donors (Lipinski definition) is 2. The van der Waals surface area contributed by atoms with Gasteiger partial charge in [-0.25, -0.2) is 0 Å². The molecule has 4 heteroatoms. The second-order valence-corrected chi connectivity index (χ2v) is 5.87. The van der Waals surface area contributed by atoms with Crippen molar-refractivity contribution in [3.63, 3.8) is 0 Å². The van der Waals surface area contributed by atoms with E-state index in [0.717, 1.165) is 12.3 Å². The summed E-state index contributed by atoms with van der Waals surface area (Å²) in [5.41, 5.74) is 5.91. The van der Waals surface area contributed by atoms with Crippen LogP contribution in [0.4, 0.5) is 0 Å². The minimum atomic E-state index is -0.569. The molecule has 1 saturated heterocycles. The fourth-order valence-corrected chi connectivity index (χ4v) is 3.09. The highest BCUT2D eigenvalue weighted by Crippen LogP contribution is 2.37. The zero-order chi connectivity index (χ0) is 12.5. The van der Waals surface area contributed by atoms with E-state index in [2.05, 4.69) is 0 Å². The van der Waals surface area contributed by atoms with Gasteiger partial charge in [0.25, 0.3) is 0 Å². The Labute approximate surface area is 103 Å². The van der Waals surface area contributed by atoms with Gasteiger partial charge in [0.05, 0.1) is 18.8 Å². The average molecular weight is 243 g/mol. The number of ether oxygens (including phenoxy) is 2. The molecule has 3 atom stereocenters. The zero-order valence-corrected chi connectivity index (χ0v) is 10.9. The first-order valence-electron chi connectivity index (χ1n) is 6.74. The van der Waals surface area contributed by atoms with Crippen molar-refractivity contribution in [1.29, 1.82) is 0 Å². The second kappa shape index (κ2) is 5.22. The Bertz CT molecular complexity index is 251. The van der Waals surface area contributed by atoms with E-state index in [4.69, 9.17) is 15.2 Å². The van der Waals surface area contributed by atoms with Gasteiger partial charge in [0, 0.05) is 0 Å². The minimum absolute atomic E-state index is 0.0373. The molecule has 0 aromatic rings. The van der Waals surface area contributed by atoms with Crippen molar-refractivity contribution < 1.29 is 14.6 Å². The summed E-state index contributed by atoms with van der Waals surface area (Å²) in [6, 6.07) is -0.344. The first kappa shape index (κ1) is 13.3. The fourth-order valence-electron chi connectivity index (χ4n) is 3.09. The molecule has 0 unspecified atom stereocenters. The predicted octanol–water partition coefficient (Wildman–Crippen LogP) is 1.41. The van der Waals surface area contributed by atoms with Gasteiger partial charge >= 0.3 is 0 Å². The van der Waals surface area contributed by atoms with Crippen LogP contribution < -0.4 is 5.73 Å². The Balaban J connectivity index is 1.96. The summed E-state index contributed by atoms with van der Waals surface area (Å²) in [5, 5.41) is 9.18. The molecule has 1 aliphatic carbocycles. The molecule has 100 valence electrons. The lowest BCUT2D eigenvalue weighted by Crippen LogP contribution is -2.44. The van der Waals surface area contributed by atoms with E-state index >= 15 is 0 Å². The third-order valence-electron chi connectivity index (χ3n) is 3.89. The lowest BCUT2D eigenvalue weighted by Gasteiger charge is -2.23. The van der Waals surface area contributed by atoms with E-state index in [1.807, 2.05) is 13.8 Å². The molecule has 0 radical (unpaired) electrons. The van der Waals surface area contributed by atoms with Crippen molar-refractivity contribution in [1.82, 2.24) is 0 Å². The van der Waals surface area contributed by atoms with Crippen LogP contribution in [0.25, 0.3) is 0 Å². The monoisotopic (exact) mass is 243 g/mol. The van der Waals surface area contributed by atoms with Gasteiger partial charge in [-0.2, -0.15) is 0 Å². The summed E-state index contributed by atoms with van der Waals surface area (Å²) in [6.07, 6.45) is 6.13. The summed E-state index contributed by atoms with van der Waals surface area (Å²) >= 11 is 0. The topological polar surface area (TPSA) is 64.7 Å². The van der Waals surface area contributed by atoms with Gasteiger partial charge in [0.1, 0.15) is 6.10 Å². The molecular weight excluding hydrogens is 218 g/mol. The summed E-state index contributed by atoms with van der Waals surface area (Å²) in [4.78, 5) is 0. The van der Waals surface area contributed by atoms with E-state index in [1.165, 1.54) is 25.7 Å². The number of aliphatic hydroxyl groups excluding tert-OH is 1. The molecule has 0 amide bonds. The molecule has 1 saturated carbocycles. The summed E-state index contributed by atoms with van der Waals surface area (Å²) < 4.78 is 11.8. The molecule has 17 heavy (non-hydrogen) atoms. The van der Waals surface area contributed by atoms with Gasteiger partial charge in [-0.1, -0.05) is 25.7 Å². The molecule has 2 rings (SSSR count). The van der Waals surface area contributed by atoms with Crippen molar-refractivity contribution in [2.24, 2.45) is 11.7 Å². The Kier molecular flexibility index (Phi) is 4.08. The van der Waals surface area contributed by atoms with Crippen molar-refractivity contribution in [3.05, 3.63) is 0 Å². The number of rotatable bonds is 4. The summed E-state index contributed by atoms with van der Waals surface area (Å²) in [5.74, 6) is 0.173. The van der Waals surface area contributed by atoms with Crippen molar-refractivity contribution in [2.45, 2.75) is 70.0 Å². The minimum Gasteiger partial charge on any atom is -0.395 e. The normalized spacial score (nSPS) is 35.3. The third-order valence-corrected chi connectivity index (χ3v) is 3.89. The van der Waals surface area contributed by atoms with Crippen LogP contribution in [0, 0.1) is 5.92 Å². The largest absolute Gasteiger partial charge is 0.395 e. The van der Waals surface area contributed by atoms with Crippen molar-refractivity contribution >= 4 is 0 Å². The highest BCUT2D eigenvalue weighted by Gasteiger charge is 2.44. The molecule has 4 nitrogen and oxygen atoms in total. The fraction of sp³-hybridized carbons (Fsp3) is 1.00. The number of aliphatic hydroxyl groups is 1. The van der Waals surface area contributed by atoms with Gasteiger partial charge in [0.2, 0.25) is 0 Å². The quantitative estimate of drug-likeness (QED) is 0.783. The van der Waals surface area contributed by atoms with Gasteiger partial charge in [-0.15, -0.1) is 0 Å². The summed E-state index contributed by atoms with van der Waals surface area (Å²) in [7, 11) is 0. The summed E-state index contributed by atoms with van der Waals surface area (Å²) in [6.45, 7) is 3.78. The predicted molar refractivity (Wildman–Crippen MR) is 65.5 cm³/mol. The Morgan fingerprint density at radius 3 is 2.53 bits per heavy atom. The first-order valence-corrected chi connectivity index (χ1v) is 6.74. The molecule has 0 bridgehead atoms. The Morgan fingerprint density at radius 1 is 1.29 bits per heavy atom. The van der Waals surface area contributed by atoms with E-state index in [9.17, 15) is 5.11 Å². The molecule has 1 heterocycles. The number of nitrogens with two attached hydrogens (primary N) is 1. The van der Waals surface area contributed by atoms with Gasteiger partial charge in [-0.05, 0) is 26.2 Å². The molecule has 1 aliphatic heterocycles. The lowest BCUT2D eigenvalue weighted by molar-refractivity contribution is -0.149. The first-order chi connectivity index (χ1) is 8.02. The highest BCUT2D eigenvalue weighted by molar-refractivity contribution is 4.90. The highest BCUT2D eigenvalue weighted by atomic mass is 16.8. The molecule has 0 aromatic carbocycles. The molecule has 2 fully saturated rings. The molecule has 0 aromatic heterocycles.